The van der Waals surface area contributed by atoms with Crippen molar-refractivity contribution in [3.63, 3.8) is 0 Å². The van der Waals surface area contributed by atoms with E-state index in [1.165, 1.54) is 0 Å². The fourth-order valence-electron chi connectivity index (χ4n) is 1.52. The van der Waals surface area contributed by atoms with Crippen LogP contribution in [0.4, 0.5) is 0 Å². The number of hydrogen-bond donors (Lipinski definition) is 0. The van der Waals surface area contributed by atoms with Crippen molar-refractivity contribution in [3.05, 3.63) is 0 Å². The Morgan fingerprint density at radius 3 is 2.75 bits per heavy atom. The van der Waals surface area contributed by atoms with Gasteiger partial charge in [0.05, 0.1) is 0 Å². The Kier molecular flexibility index (Phi) is 2.72. The van der Waals surface area contributed by atoms with Crippen LogP contribution in [0.1, 0.15) is 0 Å². The Morgan fingerprint density at radius 2 is 2.33 bits per heavy atom. The van der Waals surface area contributed by atoms with Crippen LogP contribution in [0.2, 0.25) is 0 Å². The maximum absolute atomic E-state index is 10.9. The number of hydrogen-bond acceptors (Lipinski definition) is 2. The highest BCUT2D eigenvalue weighted by atomic mass is 16.2. The molecule has 3 heteroatoms. The van der Waals surface area contributed by atoms with Crippen molar-refractivity contribution in [2.75, 3.05) is 33.7 Å². The van der Waals surface area contributed by atoms with E-state index in [9.17, 15) is 4.79 Å². The summed E-state index contributed by atoms with van der Waals surface area (Å²) >= 11 is 0. The molecule has 1 aliphatic heterocycles. The molecule has 1 heterocycles. The zero-order chi connectivity index (χ0) is 9.14. The molecule has 66 valence electrons. The van der Waals surface area contributed by atoms with E-state index >= 15 is 0 Å². The van der Waals surface area contributed by atoms with Gasteiger partial charge < -0.3 is 9.80 Å². The van der Waals surface area contributed by atoms with Gasteiger partial charge in [-0.05, 0) is 13.0 Å². The standard InChI is InChI=1S/C9H14N2O/c1-4-9(12)11(3)7-8-5-10(2)6-8/h1,8H,5-7H2,2-3H3. The highest BCUT2D eigenvalue weighted by molar-refractivity contribution is 5.92. The molecule has 0 aromatic heterocycles. The van der Waals surface area contributed by atoms with Crippen LogP contribution in [0.5, 0.6) is 0 Å². The predicted molar refractivity (Wildman–Crippen MR) is 47.5 cm³/mol. The molecule has 0 bridgehead atoms. The van der Waals surface area contributed by atoms with Crippen molar-refractivity contribution in [2.45, 2.75) is 0 Å². The first-order chi connectivity index (χ1) is 5.63. The minimum absolute atomic E-state index is 0.218. The summed E-state index contributed by atoms with van der Waals surface area (Å²) in [6, 6.07) is 0. The number of carbonyl (C=O) groups is 1. The van der Waals surface area contributed by atoms with Crippen LogP contribution in [-0.4, -0.2) is 49.4 Å². The summed E-state index contributed by atoms with van der Waals surface area (Å²) in [5, 5.41) is 0. The monoisotopic (exact) mass is 166 g/mol. The Morgan fingerprint density at radius 1 is 1.75 bits per heavy atom. The first-order valence-electron chi connectivity index (χ1n) is 4.03. The molecule has 0 aromatic rings. The molecule has 1 amide bonds. The molecule has 0 atom stereocenters. The normalized spacial score (nSPS) is 18.1. The second-order valence-corrected chi connectivity index (χ2v) is 3.42. The van der Waals surface area contributed by atoms with Crippen molar-refractivity contribution in [2.24, 2.45) is 5.92 Å². The maximum atomic E-state index is 10.9. The first-order valence-corrected chi connectivity index (χ1v) is 4.03. The Labute approximate surface area is 73.3 Å². The van der Waals surface area contributed by atoms with Crippen molar-refractivity contribution in [3.8, 4) is 12.3 Å². The molecule has 1 rings (SSSR count). The van der Waals surface area contributed by atoms with E-state index in [4.69, 9.17) is 6.42 Å². The SMILES string of the molecule is C#CC(=O)N(C)CC1CN(C)C1. The number of amides is 1. The van der Waals surface area contributed by atoms with Gasteiger partial charge in [-0.3, -0.25) is 4.79 Å². The van der Waals surface area contributed by atoms with Gasteiger partial charge in [0.2, 0.25) is 0 Å². The van der Waals surface area contributed by atoms with Gasteiger partial charge in [-0.2, -0.15) is 0 Å². The molecule has 0 unspecified atom stereocenters. The van der Waals surface area contributed by atoms with Gasteiger partial charge in [-0.1, -0.05) is 0 Å². The molecule has 1 fully saturated rings. The number of likely N-dealkylation sites (tertiary alicyclic amines) is 1. The average molecular weight is 166 g/mol. The highest BCUT2D eigenvalue weighted by Gasteiger charge is 2.25. The summed E-state index contributed by atoms with van der Waals surface area (Å²) in [4.78, 5) is 14.8. The topological polar surface area (TPSA) is 23.6 Å². The molecular formula is C9H14N2O. The van der Waals surface area contributed by atoms with Gasteiger partial charge in [0, 0.05) is 32.6 Å². The number of nitrogens with zero attached hydrogens (tertiary/aromatic N) is 2. The first kappa shape index (κ1) is 9.08. The van der Waals surface area contributed by atoms with E-state index in [-0.39, 0.29) is 5.91 Å². The third kappa shape index (κ3) is 1.99. The molecule has 0 saturated carbocycles. The molecule has 0 aromatic carbocycles. The van der Waals surface area contributed by atoms with Crippen LogP contribution < -0.4 is 0 Å². The van der Waals surface area contributed by atoms with Crippen molar-refractivity contribution >= 4 is 5.91 Å². The quantitative estimate of drug-likeness (QED) is 0.523. The van der Waals surface area contributed by atoms with E-state index in [1.54, 1.807) is 11.9 Å². The van der Waals surface area contributed by atoms with E-state index < -0.39 is 0 Å². The van der Waals surface area contributed by atoms with Crippen LogP contribution in [-0.2, 0) is 4.79 Å². The largest absolute Gasteiger partial charge is 0.335 e. The van der Waals surface area contributed by atoms with Gasteiger partial charge >= 0.3 is 0 Å². The molecule has 12 heavy (non-hydrogen) atoms. The van der Waals surface area contributed by atoms with Gasteiger partial charge in [-0.25, -0.2) is 0 Å². The van der Waals surface area contributed by atoms with Crippen molar-refractivity contribution < 1.29 is 4.79 Å². The molecule has 0 spiro atoms. The lowest BCUT2D eigenvalue weighted by molar-refractivity contribution is -0.125. The lowest BCUT2D eigenvalue weighted by Crippen LogP contribution is -2.49. The molecule has 0 radical (unpaired) electrons. The van der Waals surface area contributed by atoms with E-state index in [0.29, 0.717) is 5.92 Å². The summed E-state index contributed by atoms with van der Waals surface area (Å²) in [6.07, 6.45) is 4.98. The maximum Gasteiger partial charge on any atom is 0.297 e. The zero-order valence-corrected chi connectivity index (χ0v) is 7.58. The fraction of sp³-hybridized carbons (Fsp3) is 0.667. The van der Waals surface area contributed by atoms with Gasteiger partial charge in [-0.15, -0.1) is 6.42 Å². The van der Waals surface area contributed by atoms with Crippen LogP contribution in [0.3, 0.4) is 0 Å². The van der Waals surface area contributed by atoms with Crippen LogP contribution in [0, 0.1) is 18.3 Å². The molecule has 1 aliphatic rings. The summed E-state index contributed by atoms with van der Waals surface area (Å²) in [5.41, 5.74) is 0. The lowest BCUT2D eigenvalue weighted by Gasteiger charge is -2.37. The zero-order valence-electron chi connectivity index (χ0n) is 7.58. The summed E-state index contributed by atoms with van der Waals surface area (Å²) in [7, 11) is 3.82. The Bertz CT molecular complexity index is 213. The number of rotatable bonds is 2. The second-order valence-electron chi connectivity index (χ2n) is 3.42. The molecule has 0 aliphatic carbocycles. The Balaban J connectivity index is 2.24. The fourth-order valence-corrected chi connectivity index (χ4v) is 1.52. The van der Waals surface area contributed by atoms with Crippen LogP contribution in [0.25, 0.3) is 0 Å². The summed E-state index contributed by atoms with van der Waals surface area (Å²) in [5.74, 6) is 2.49. The third-order valence-electron chi connectivity index (χ3n) is 2.14. The van der Waals surface area contributed by atoms with Gasteiger partial charge in [0.25, 0.3) is 5.91 Å². The van der Waals surface area contributed by atoms with Crippen molar-refractivity contribution in [1.82, 2.24) is 9.80 Å². The molecule has 0 N–H and O–H groups in total. The van der Waals surface area contributed by atoms with E-state index in [1.807, 2.05) is 0 Å². The number of terminal acetylenes is 1. The van der Waals surface area contributed by atoms with Gasteiger partial charge in [0.1, 0.15) is 0 Å². The average Bonchev–Trinajstić information content (AvgIpc) is 2.00. The Hall–Kier alpha value is -1.01. The lowest BCUT2D eigenvalue weighted by atomic mass is 10.0. The third-order valence-corrected chi connectivity index (χ3v) is 2.14. The van der Waals surface area contributed by atoms with Crippen LogP contribution >= 0.6 is 0 Å². The predicted octanol–water partition coefficient (Wildman–Crippen LogP) is -0.360. The number of carbonyl (C=O) groups excluding carboxylic acids is 1. The smallest absolute Gasteiger partial charge is 0.297 e. The minimum Gasteiger partial charge on any atom is -0.335 e. The van der Waals surface area contributed by atoms with Crippen LogP contribution in [0.15, 0.2) is 0 Å². The van der Waals surface area contributed by atoms with E-state index in [2.05, 4.69) is 17.9 Å². The van der Waals surface area contributed by atoms with E-state index in [0.717, 1.165) is 19.6 Å². The summed E-state index contributed by atoms with van der Waals surface area (Å²) in [6.45, 7) is 2.93. The molecule has 1 saturated heterocycles. The second kappa shape index (κ2) is 3.59. The van der Waals surface area contributed by atoms with Gasteiger partial charge in [0.15, 0.2) is 0 Å². The highest BCUT2D eigenvalue weighted by Crippen LogP contribution is 2.13. The van der Waals surface area contributed by atoms with Crippen molar-refractivity contribution in [1.29, 1.82) is 0 Å². The summed E-state index contributed by atoms with van der Waals surface area (Å²) < 4.78 is 0. The minimum atomic E-state index is -0.218. The molecular weight excluding hydrogens is 152 g/mol. The molecule has 3 nitrogen and oxygen atoms in total.